The van der Waals surface area contributed by atoms with E-state index < -0.39 is 291 Å². The molecule has 0 aromatic heterocycles. The van der Waals surface area contributed by atoms with Crippen molar-refractivity contribution in [2.75, 3.05) is 143 Å². The fourth-order valence-electron chi connectivity index (χ4n) is 21.2. The summed E-state index contributed by atoms with van der Waals surface area (Å²) in [6.07, 6.45) is -4.03. The van der Waals surface area contributed by atoms with Crippen LogP contribution >= 0.6 is 11.8 Å². The average molecular weight is 1920 g/mol. The Morgan fingerprint density at radius 2 is 0.526 bits per heavy atom. The normalized spacial score (nSPS) is 30.1. The van der Waals surface area contributed by atoms with Gasteiger partial charge in [-0.15, -0.1) is 0 Å². The number of hydrogen-bond donors (Lipinski definition) is 17. The summed E-state index contributed by atoms with van der Waals surface area (Å²) in [7, 11) is 0. The fourth-order valence-corrected chi connectivity index (χ4v) is 21.7. The molecule has 0 aliphatic carbocycles. The lowest BCUT2D eigenvalue weighted by molar-refractivity contribution is -0.148. The summed E-state index contributed by atoms with van der Waals surface area (Å²) in [5.41, 5.74) is 0. The van der Waals surface area contributed by atoms with Crippen LogP contribution < -0.4 is 47.9 Å². The highest BCUT2D eigenvalue weighted by molar-refractivity contribution is 7.98. The highest BCUT2D eigenvalue weighted by Gasteiger charge is 2.54. The van der Waals surface area contributed by atoms with Gasteiger partial charge in [-0.3, -0.25) is 101 Å². The monoisotopic (exact) mass is 1920 g/mol. The number of aliphatic carboxylic acids is 1. The van der Waals surface area contributed by atoms with Crippen LogP contribution in [0.15, 0.2) is 0 Å². The zero-order valence-corrected chi connectivity index (χ0v) is 75.9. The number of β-amino-alcohol motifs (C(OH)–C–C–N with tert-alkyl or cyclic N) is 7. The maximum Gasteiger partial charge on any atom is 0.322 e. The molecule has 51 heteroatoms. The van der Waals surface area contributed by atoms with E-state index >= 15 is 0 Å². The van der Waals surface area contributed by atoms with Gasteiger partial charge in [0.25, 0.3) is 0 Å². The molecule has 20 amide bonds. The number of carboxylic acid groups (broad SMARTS) is 1. The van der Waals surface area contributed by atoms with E-state index in [0.29, 0.717) is 57.2 Å². The average Bonchev–Trinajstić information content (AvgIpc) is 1.67. The summed E-state index contributed by atoms with van der Waals surface area (Å²) in [5.74, 6) is -15.5. The highest BCUT2D eigenvalue weighted by atomic mass is 32.2. The number of carbonyl (C=O) groups excluding carboxylic acids is 20. The van der Waals surface area contributed by atoms with Gasteiger partial charge >= 0.3 is 5.97 Å². The first kappa shape index (κ1) is 101. The lowest BCUT2D eigenvalue weighted by Crippen LogP contribution is -2.57. The molecule has 21 atom stereocenters. The van der Waals surface area contributed by atoms with Gasteiger partial charge in [-0.1, -0.05) is 0 Å². The van der Waals surface area contributed by atoms with Gasteiger partial charge in [0.2, 0.25) is 118 Å². The van der Waals surface area contributed by atoms with E-state index in [1.165, 1.54) is 41.2 Å². The van der Waals surface area contributed by atoms with Gasteiger partial charge in [-0.05, 0) is 102 Å². The third-order valence-electron chi connectivity index (χ3n) is 27.9. The minimum Gasteiger partial charge on any atom is -0.480 e. The van der Waals surface area contributed by atoms with Crippen molar-refractivity contribution < 1.29 is 142 Å². The summed E-state index contributed by atoms with van der Waals surface area (Å²) in [4.78, 5) is 303. The minimum absolute atomic E-state index is 0.0182. The second-order valence-electron chi connectivity index (χ2n) is 37.0. The first-order chi connectivity index (χ1) is 64.4. The Hall–Kier alpha value is -11.1. The topological polar surface area (TPSA) is 667 Å². The molecule has 13 heterocycles. The molecule has 0 saturated carbocycles. The Kier molecular flexibility index (Phi) is 33.6. The van der Waals surface area contributed by atoms with Crippen LogP contribution in [-0.2, 0) is 101 Å². The SMILES string of the molecule is CSCC[C@H](NC(=O)[C@@H]1C[C@@H](O)CN1C(=O)CNC(=O)[C@@H]1CCCN1C(=O)[C@@H]1C[C@@H](O)CN1C(=O)CNC(=O)[C@@H]1CCCN1C(=O)[C@@H]1C[C@@H](O)CN1C(=O)CNC(=O)[C@@H]1CCCN1C(=O)[C@@H]1C[C@@H](O)CN1C(=O)CNC(=O)[C@@H]1CCCN1C(=O)[C@@H]1C[C@@H](O)CN1C(=O)CNC(=O)[C@@H]1CCCN1C(=O)[C@@H]1C[C@@H](O)CN1C(=O)CNC(=O)[C@@H]1CCCN1C(=O)[C@@H]1C[C@@H](O)CN1)C(=O)NCC(=O)O. The molecule has 0 radical (unpaired) electrons. The molecule has 13 aliphatic rings. The largest absolute Gasteiger partial charge is 0.480 e. The highest BCUT2D eigenvalue weighted by Crippen LogP contribution is 2.34. The van der Waals surface area contributed by atoms with E-state index in [1.807, 2.05) is 0 Å². The van der Waals surface area contributed by atoms with Gasteiger partial charge in [0.05, 0.1) is 88.0 Å². The quantitative estimate of drug-likeness (QED) is 0.0297. The van der Waals surface area contributed by atoms with Crippen LogP contribution in [0.25, 0.3) is 0 Å². The van der Waals surface area contributed by atoms with Gasteiger partial charge in [0.1, 0.15) is 85.1 Å². The predicted molar refractivity (Wildman–Crippen MR) is 461 cm³/mol. The van der Waals surface area contributed by atoms with Crippen LogP contribution in [0.5, 0.6) is 0 Å². The minimum atomic E-state index is -1.33. The molecule has 13 saturated heterocycles. The summed E-state index contributed by atoms with van der Waals surface area (Å²) in [6, 6.07) is -16.3. The lowest BCUT2D eigenvalue weighted by atomic mass is 10.1. The number of likely N-dealkylation sites (tertiary alicyclic amines) is 12. The Bertz CT molecular complexity index is 4570. The first-order valence-corrected chi connectivity index (χ1v) is 47.8. The number of amides is 20. The van der Waals surface area contributed by atoms with Gasteiger partial charge in [0, 0.05) is 124 Å². The number of hydrogen-bond acceptors (Lipinski definition) is 30. The van der Waals surface area contributed by atoms with E-state index in [9.17, 15) is 136 Å². The van der Waals surface area contributed by atoms with Gasteiger partial charge in [-0.25, -0.2) is 0 Å². The number of aliphatic hydroxyl groups is 7. The maximum atomic E-state index is 14.5. The Morgan fingerprint density at radius 1 is 0.289 bits per heavy atom. The molecule has 0 aromatic rings. The molecule has 744 valence electrons. The van der Waals surface area contributed by atoms with Crippen LogP contribution in [-0.4, -0.2) is 494 Å². The zero-order valence-electron chi connectivity index (χ0n) is 75.0. The van der Waals surface area contributed by atoms with Gasteiger partial charge < -0.3 is 148 Å². The van der Waals surface area contributed by atoms with Gasteiger partial charge in [-0.2, -0.15) is 11.8 Å². The van der Waals surface area contributed by atoms with E-state index in [0.717, 1.165) is 29.4 Å². The van der Waals surface area contributed by atoms with E-state index in [2.05, 4.69) is 47.9 Å². The summed E-state index contributed by atoms with van der Waals surface area (Å²) in [6.45, 7) is -5.94. The van der Waals surface area contributed by atoms with Crippen LogP contribution in [0.2, 0.25) is 0 Å². The van der Waals surface area contributed by atoms with Crippen LogP contribution in [0.4, 0.5) is 0 Å². The number of nitrogens with zero attached hydrogens (tertiary/aromatic N) is 12. The molecule has 135 heavy (non-hydrogen) atoms. The van der Waals surface area contributed by atoms with E-state index in [-0.39, 0.29) is 168 Å². The molecule has 13 fully saturated rings. The second kappa shape index (κ2) is 44.8. The molecular formula is C84H123N21O29S. The standard InChI is InChI=1S/C84H123N21O29S/c1-135-21-14-50(71(121)92-36-70(119)120)93-78(128)58-23-44(107)37-100(58)64(113)30-86-73(123)53-9-3-16-95(53)80(130)60-25-46(109)39-102(60)66(115)32-88-75(125)55-11-5-18-97(55)82(132)62-27-48(111)41-104(62)68(117)34-90-77(127)57-13-7-20-99(57)84(134)63-28-49(112)42-105(63)69(118)35-91-76(126)56-12-6-19-98(56)83(133)61-26-47(110)40-103(61)67(116)33-89-74(124)54-10-4-17-96(54)81(131)59-24-45(108)38-101(59)65(114)31-87-72(122)52-8-2-15-94(52)79(129)51-22-43(106)29-85-51/h43-63,85,106-112H,2-42H2,1H3,(H,86,123)(H,87,122)(H,88,125)(H,89,124)(H,90,127)(H,91,126)(H,92,121)(H,93,128)(H,119,120)/t43-,44-,45-,46-,47-,48-,49-,50+,51+,52+,53+,54+,55+,56+,57+,58+,59+,60+,61+,62+,63+/m1/s1. The van der Waals surface area contributed by atoms with Crippen molar-refractivity contribution in [3.63, 3.8) is 0 Å². The molecule has 13 rings (SSSR count). The predicted octanol–water partition coefficient (Wildman–Crippen LogP) is -13.4. The molecule has 17 N–H and O–H groups in total. The molecule has 13 aliphatic heterocycles. The Morgan fingerprint density at radius 3 is 0.756 bits per heavy atom. The van der Waals surface area contributed by atoms with E-state index in [4.69, 9.17) is 5.11 Å². The maximum absolute atomic E-state index is 14.5. The van der Waals surface area contributed by atoms with Crippen LogP contribution in [0.3, 0.4) is 0 Å². The molecule has 0 unspecified atom stereocenters. The summed E-state index contributed by atoms with van der Waals surface area (Å²) in [5, 5.41) is 107. The molecule has 0 spiro atoms. The molecule has 50 nitrogen and oxygen atoms in total. The van der Waals surface area contributed by atoms with Crippen molar-refractivity contribution in [3.05, 3.63) is 0 Å². The zero-order chi connectivity index (χ0) is 97.2. The number of rotatable bonds is 32. The van der Waals surface area contributed by atoms with Gasteiger partial charge in [0.15, 0.2) is 0 Å². The van der Waals surface area contributed by atoms with Crippen molar-refractivity contribution in [1.82, 2.24) is 107 Å². The van der Waals surface area contributed by atoms with Crippen LogP contribution in [0.1, 0.15) is 128 Å². The van der Waals surface area contributed by atoms with Crippen molar-refractivity contribution in [1.29, 1.82) is 0 Å². The molecule has 0 aromatic carbocycles. The van der Waals surface area contributed by atoms with Crippen molar-refractivity contribution in [3.8, 4) is 0 Å². The van der Waals surface area contributed by atoms with Crippen LogP contribution in [0, 0.1) is 0 Å². The third kappa shape index (κ3) is 23.4. The summed E-state index contributed by atoms with van der Waals surface area (Å²) < 4.78 is 0. The Labute approximate surface area is 779 Å². The van der Waals surface area contributed by atoms with Crippen molar-refractivity contribution >= 4 is 136 Å². The summed E-state index contributed by atoms with van der Waals surface area (Å²) >= 11 is 1.36. The Balaban J connectivity index is 0.536. The smallest absolute Gasteiger partial charge is 0.322 e. The molecule has 0 bridgehead atoms. The van der Waals surface area contributed by atoms with Crippen molar-refractivity contribution in [2.24, 2.45) is 0 Å². The third-order valence-corrected chi connectivity index (χ3v) is 28.5. The number of aliphatic hydroxyl groups excluding tert-OH is 7. The van der Waals surface area contributed by atoms with Crippen molar-refractivity contribution in [2.45, 2.75) is 256 Å². The first-order valence-electron chi connectivity index (χ1n) is 46.4. The number of carboxylic acids is 1. The lowest BCUT2D eigenvalue weighted by Gasteiger charge is -2.32. The fraction of sp³-hybridized carbons (Fsp3) is 0.750. The number of nitrogens with one attached hydrogen (secondary N) is 9. The number of carbonyl (C=O) groups is 21. The number of thioether (sulfide) groups is 1. The second-order valence-corrected chi connectivity index (χ2v) is 37.9. The van der Waals surface area contributed by atoms with E-state index in [1.54, 1.807) is 6.26 Å². The molecular weight excluding hydrogens is 1800 g/mol.